The number of fused-ring (bicyclic) bond motifs is 2. The van der Waals surface area contributed by atoms with E-state index in [-0.39, 0.29) is 0 Å². The van der Waals surface area contributed by atoms with Gasteiger partial charge in [0.15, 0.2) is 0 Å². The van der Waals surface area contributed by atoms with Gasteiger partial charge < -0.3 is 5.11 Å². The first-order chi connectivity index (χ1) is 5.69. The van der Waals surface area contributed by atoms with Crippen molar-refractivity contribution in [3.63, 3.8) is 0 Å². The quantitative estimate of drug-likeness (QED) is 0.648. The van der Waals surface area contributed by atoms with Crippen LogP contribution >= 0.6 is 0 Å². The summed E-state index contributed by atoms with van der Waals surface area (Å²) >= 11 is 0. The first kappa shape index (κ1) is 8.05. The van der Waals surface area contributed by atoms with Gasteiger partial charge in [-0.05, 0) is 25.2 Å². The number of nitrogens with one attached hydrogen (secondary N) is 1. The fraction of sp³-hybridized carbons (Fsp3) is 0.889. The van der Waals surface area contributed by atoms with Crippen molar-refractivity contribution >= 4 is 5.97 Å². The molecule has 0 amide bonds. The zero-order valence-electron chi connectivity index (χ0n) is 7.34. The number of rotatable bonds is 2. The fourth-order valence-electron chi connectivity index (χ4n) is 2.81. The second-order valence-corrected chi connectivity index (χ2v) is 4.00. The predicted molar refractivity (Wildman–Crippen MR) is 44.9 cm³/mol. The van der Waals surface area contributed by atoms with Crippen molar-refractivity contribution in [2.45, 2.75) is 44.2 Å². The normalized spacial score (nSPS) is 45.1. The Morgan fingerprint density at radius 2 is 2.50 bits per heavy atom. The maximum atomic E-state index is 11.1. The molecule has 2 fully saturated rings. The number of carbonyl (C=O) groups is 1. The molecule has 12 heavy (non-hydrogen) atoms. The van der Waals surface area contributed by atoms with Crippen LogP contribution in [0.2, 0.25) is 0 Å². The van der Waals surface area contributed by atoms with E-state index in [0.717, 1.165) is 25.7 Å². The van der Waals surface area contributed by atoms with Crippen LogP contribution in [0.5, 0.6) is 0 Å². The molecule has 3 nitrogen and oxygen atoms in total. The zero-order valence-corrected chi connectivity index (χ0v) is 7.34. The molecule has 2 heterocycles. The molecule has 68 valence electrons. The number of carboxylic acid groups (broad SMARTS) is 1. The molecule has 2 N–H and O–H groups in total. The molecule has 0 radical (unpaired) electrons. The van der Waals surface area contributed by atoms with Crippen LogP contribution < -0.4 is 5.32 Å². The van der Waals surface area contributed by atoms with Gasteiger partial charge in [-0.25, -0.2) is 0 Å². The minimum atomic E-state index is -0.644. The van der Waals surface area contributed by atoms with E-state index in [2.05, 4.69) is 12.2 Å². The first-order valence-corrected chi connectivity index (χ1v) is 4.70. The van der Waals surface area contributed by atoms with E-state index >= 15 is 0 Å². The van der Waals surface area contributed by atoms with Crippen molar-refractivity contribution in [1.29, 1.82) is 0 Å². The number of aliphatic carboxylic acids is 1. The molecule has 3 heteroatoms. The molecule has 0 aromatic carbocycles. The van der Waals surface area contributed by atoms with Crippen LogP contribution in [0.15, 0.2) is 0 Å². The Balaban J connectivity index is 2.26. The predicted octanol–water partition coefficient (Wildman–Crippen LogP) is 0.992. The molecule has 2 aliphatic heterocycles. The third-order valence-corrected chi connectivity index (χ3v) is 3.49. The van der Waals surface area contributed by atoms with Gasteiger partial charge in [0, 0.05) is 6.04 Å². The van der Waals surface area contributed by atoms with E-state index in [1.807, 2.05) is 0 Å². The number of hydrogen-bond acceptors (Lipinski definition) is 2. The molecular weight excluding hydrogens is 154 g/mol. The van der Waals surface area contributed by atoms with Crippen LogP contribution in [0.25, 0.3) is 0 Å². The average molecular weight is 169 g/mol. The van der Waals surface area contributed by atoms with Crippen molar-refractivity contribution in [1.82, 2.24) is 5.32 Å². The highest BCUT2D eigenvalue weighted by atomic mass is 16.4. The Labute approximate surface area is 72.2 Å². The summed E-state index contributed by atoms with van der Waals surface area (Å²) in [4.78, 5) is 11.1. The topological polar surface area (TPSA) is 49.3 Å². The van der Waals surface area contributed by atoms with Crippen LogP contribution in [0.4, 0.5) is 0 Å². The van der Waals surface area contributed by atoms with Gasteiger partial charge in [-0.2, -0.15) is 0 Å². The first-order valence-electron chi connectivity index (χ1n) is 4.70. The van der Waals surface area contributed by atoms with E-state index in [1.165, 1.54) is 0 Å². The van der Waals surface area contributed by atoms with Gasteiger partial charge >= 0.3 is 5.97 Å². The molecular formula is C9H15NO2. The van der Waals surface area contributed by atoms with Crippen LogP contribution in [0.1, 0.15) is 32.6 Å². The largest absolute Gasteiger partial charge is 0.480 e. The summed E-state index contributed by atoms with van der Waals surface area (Å²) in [6.07, 6.45) is 3.91. The Morgan fingerprint density at radius 1 is 1.75 bits per heavy atom. The Kier molecular flexibility index (Phi) is 1.65. The number of carboxylic acids is 1. The second kappa shape index (κ2) is 2.46. The molecule has 0 unspecified atom stereocenters. The van der Waals surface area contributed by atoms with Crippen LogP contribution in [0.3, 0.4) is 0 Å². The lowest BCUT2D eigenvalue weighted by molar-refractivity contribution is -0.145. The lowest BCUT2D eigenvalue weighted by Gasteiger charge is -2.28. The van der Waals surface area contributed by atoms with Gasteiger partial charge in [-0.15, -0.1) is 0 Å². The van der Waals surface area contributed by atoms with Gasteiger partial charge in [0.1, 0.15) is 5.54 Å². The summed E-state index contributed by atoms with van der Waals surface area (Å²) in [5.74, 6) is -0.289. The van der Waals surface area contributed by atoms with Crippen LogP contribution in [-0.4, -0.2) is 22.7 Å². The minimum absolute atomic E-state index is 0.355. The van der Waals surface area contributed by atoms with Crippen LogP contribution in [0, 0.1) is 5.92 Å². The van der Waals surface area contributed by atoms with Gasteiger partial charge in [-0.3, -0.25) is 10.1 Å². The molecule has 0 aliphatic carbocycles. The van der Waals surface area contributed by atoms with Gasteiger partial charge in [-0.1, -0.05) is 13.3 Å². The second-order valence-electron chi connectivity index (χ2n) is 4.00. The van der Waals surface area contributed by atoms with E-state index in [9.17, 15) is 4.79 Å². The molecule has 2 aliphatic rings. The monoisotopic (exact) mass is 169 g/mol. The molecule has 2 bridgehead atoms. The van der Waals surface area contributed by atoms with Crippen molar-refractivity contribution in [2.24, 2.45) is 5.92 Å². The molecule has 0 saturated carbocycles. The Morgan fingerprint density at radius 3 is 2.92 bits per heavy atom. The number of hydrogen-bond donors (Lipinski definition) is 2. The summed E-state index contributed by atoms with van der Waals surface area (Å²) in [7, 11) is 0. The molecule has 2 saturated heterocycles. The highest BCUT2D eigenvalue weighted by Gasteiger charge is 2.55. The molecule has 0 aromatic rings. The third-order valence-electron chi connectivity index (χ3n) is 3.49. The molecule has 3 atom stereocenters. The molecule has 0 spiro atoms. The minimum Gasteiger partial charge on any atom is -0.480 e. The highest BCUT2D eigenvalue weighted by molar-refractivity contribution is 5.80. The van der Waals surface area contributed by atoms with Crippen molar-refractivity contribution in [3.05, 3.63) is 0 Å². The summed E-state index contributed by atoms with van der Waals surface area (Å²) in [6, 6.07) is 0.478. The Hall–Kier alpha value is -0.570. The summed E-state index contributed by atoms with van der Waals surface area (Å²) in [5, 5.41) is 12.4. The van der Waals surface area contributed by atoms with Gasteiger partial charge in [0.25, 0.3) is 0 Å². The molecule has 2 rings (SSSR count). The van der Waals surface area contributed by atoms with E-state index in [4.69, 9.17) is 5.11 Å². The lowest BCUT2D eigenvalue weighted by Crippen LogP contribution is -2.49. The maximum absolute atomic E-state index is 11.1. The standard InChI is InChI=1S/C9H15NO2/c1-2-6-5-7-3-4-9(6,10-7)8(11)12/h6-7,10H,2-5H2,1H3,(H,11,12)/t6-,7-,9+/m1/s1. The fourth-order valence-corrected chi connectivity index (χ4v) is 2.81. The lowest BCUT2D eigenvalue weighted by atomic mass is 9.76. The van der Waals surface area contributed by atoms with Crippen molar-refractivity contribution < 1.29 is 9.90 Å². The Bertz CT molecular complexity index is 217. The highest BCUT2D eigenvalue weighted by Crippen LogP contribution is 2.43. The smallest absolute Gasteiger partial charge is 0.324 e. The van der Waals surface area contributed by atoms with E-state index < -0.39 is 11.5 Å². The van der Waals surface area contributed by atoms with Crippen LogP contribution in [-0.2, 0) is 4.79 Å². The van der Waals surface area contributed by atoms with Crippen molar-refractivity contribution in [3.8, 4) is 0 Å². The van der Waals surface area contributed by atoms with E-state index in [1.54, 1.807) is 0 Å². The summed E-state index contributed by atoms with van der Waals surface area (Å²) < 4.78 is 0. The van der Waals surface area contributed by atoms with Crippen molar-refractivity contribution in [2.75, 3.05) is 0 Å². The van der Waals surface area contributed by atoms with E-state index in [0.29, 0.717) is 12.0 Å². The SMILES string of the molecule is CC[C@@H]1C[C@H]2CC[C@]1(C(=O)O)N2. The summed E-state index contributed by atoms with van der Waals surface area (Å²) in [5.41, 5.74) is -0.556. The zero-order chi connectivity index (χ0) is 8.77. The van der Waals surface area contributed by atoms with Gasteiger partial charge in [0.05, 0.1) is 0 Å². The van der Waals surface area contributed by atoms with Gasteiger partial charge in [0.2, 0.25) is 0 Å². The summed E-state index contributed by atoms with van der Waals surface area (Å²) in [6.45, 7) is 2.08. The average Bonchev–Trinajstić information content (AvgIpc) is 2.60. The maximum Gasteiger partial charge on any atom is 0.324 e. The third kappa shape index (κ3) is 0.829. The molecule has 0 aromatic heterocycles.